The molecule has 3 amide bonds. The van der Waals surface area contributed by atoms with E-state index in [0.29, 0.717) is 52.4 Å². The van der Waals surface area contributed by atoms with Gasteiger partial charge in [0.2, 0.25) is 0 Å². The number of benzene rings is 1. The molecule has 1 aromatic carbocycles. The standard InChI is InChI=1S/C24H27FN4O4/c1-13-19(11-17-16-10-15(25)6-7-18(16)28-22(17)30)27-14(2)21(13)23(31)26-12-20(33-3)24(32)29-8-4-5-9-29/h6-7,10-11,20,27H,4-5,8-9,12H2,1-3H3,(H,26,31)(H,28,30). The number of carbonyl (C=O) groups is 3. The van der Waals surface area contributed by atoms with E-state index in [1.54, 1.807) is 24.8 Å². The average Bonchev–Trinajstić information content (AvgIpc) is 3.48. The van der Waals surface area contributed by atoms with E-state index < -0.39 is 11.9 Å². The molecule has 3 N–H and O–H groups in total. The van der Waals surface area contributed by atoms with Crippen molar-refractivity contribution in [1.29, 1.82) is 0 Å². The van der Waals surface area contributed by atoms with Gasteiger partial charge in [0.25, 0.3) is 17.7 Å². The predicted octanol–water partition coefficient (Wildman–Crippen LogP) is 2.63. The van der Waals surface area contributed by atoms with Gasteiger partial charge in [-0.25, -0.2) is 4.39 Å². The minimum atomic E-state index is -0.748. The van der Waals surface area contributed by atoms with Crippen molar-refractivity contribution in [1.82, 2.24) is 15.2 Å². The van der Waals surface area contributed by atoms with Crippen molar-refractivity contribution in [3.63, 3.8) is 0 Å². The van der Waals surface area contributed by atoms with Gasteiger partial charge in [0.05, 0.1) is 17.7 Å². The number of fused-ring (bicyclic) bond motifs is 1. The highest BCUT2D eigenvalue weighted by Crippen LogP contribution is 2.34. The summed E-state index contributed by atoms with van der Waals surface area (Å²) >= 11 is 0. The topological polar surface area (TPSA) is 104 Å². The highest BCUT2D eigenvalue weighted by Gasteiger charge is 2.28. The minimum Gasteiger partial charge on any atom is -0.370 e. The van der Waals surface area contributed by atoms with Crippen LogP contribution in [0.15, 0.2) is 18.2 Å². The zero-order chi connectivity index (χ0) is 23.7. The average molecular weight is 455 g/mol. The summed E-state index contributed by atoms with van der Waals surface area (Å²) < 4.78 is 19.0. The van der Waals surface area contributed by atoms with Crippen LogP contribution in [0.2, 0.25) is 0 Å². The summed E-state index contributed by atoms with van der Waals surface area (Å²) in [6.07, 6.45) is 2.82. The molecule has 0 spiro atoms. The first-order valence-electron chi connectivity index (χ1n) is 10.9. The van der Waals surface area contributed by atoms with Crippen molar-refractivity contribution in [2.75, 3.05) is 32.1 Å². The number of aryl methyl sites for hydroxylation is 1. The number of hydrogen-bond acceptors (Lipinski definition) is 4. The van der Waals surface area contributed by atoms with Crippen LogP contribution in [0.25, 0.3) is 11.6 Å². The molecule has 3 heterocycles. The number of aromatic amines is 1. The first-order chi connectivity index (χ1) is 15.8. The number of H-pyrrole nitrogens is 1. The van der Waals surface area contributed by atoms with E-state index in [0.717, 1.165) is 12.8 Å². The van der Waals surface area contributed by atoms with Gasteiger partial charge < -0.3 is 25.3 Å². The van der Waals surface area contributed by atoms with Gasteiger partial charge in [-0.2, -0.15) is 0 Å². The number of rotatable bonds is 6. The van der Waals surface area contributed by atoms with Gasteiger partial charge in [-0.3, -0.25) is 14.4 Å². The molecule has 1 aromatic heterocycles. The number of likely N-dealkylation sites (tertiary alicyclic amines) is 1. The summed E-state index contributed by atoms with van der Waals surface area (Å²) in [4.78, 5) is 42.8. The van der Waals surface area contributed by atoms with E-state index >= 15 is 0 Å². The van der Waals surface area contributed by atoms with Gasteiger partial charge in [0.15, 0.2) is 6.10 Å². The normalized spacial score (nSPS) is 17.3. The van der Waals surface area contributed by atoms with Crippen molar-refractivity contribution in [3.05, 3.63) is 52.1 Å². The molecule has 0 bridgehead atoms. The number of halogens is 1. The molecular weight excluding hydrogens is 427 g/mol. The molecule has 1 unspecified atom stereocenters. The smallest absolute Gasteiger partial charge is 0.256 e. The number of hydrogen-bond donors (Lipinski definition) is 3. The lowest BCUT2D eigenvalue weighted by molar-refractivity contribution is -0.140. The molecule has 1 saturated heterocycles. The van der Waals surface area contributed by atoms with Gasteiger partial charge in [0.1, 0.15) is 5.82 Å². The largest absolute Gasteiger partial charge is 0.370 e. The highest BCUT2D eigenvalue weighted by molar-refractivity contribution is 6.34. The fourth-order valence-electron chi connectivity index (χ4n) is 4.39. The van der Waals surface area contributed by atoms with Crippen LogP contribution < -0.4 is 10.6 Å². The lowest BCUT2D eigenvalue weighted by Gasteiger charge is -2.22. The van der Waals surface area contributed by atoms with Crippen molar-refractivity contribution in [3.8, 4) is 0 Å². The molecule has 0 saturated carbocycles. The lowest BCUT2D eigenvalue weighted by atomic mass is 10.0. The molecule has 0 radical (unpaired) electrons. The van der Waals surface area contributed by atoms with Crippen LogP contribution in [0, 0.1) is 19.7 Å². The third-order valence-electron chi connectivity index (χ3n) is 6.18. The first kappa shape index (κ1) is 22.7. The van der Waals surface area contributed by atoms with Crippen LogP contribution in [-0.4, -0.2) is 60.5 Å². The van der Waals surface area contributed by atoms with E-state index in [1.807, 2.05) is 0 Å². The fourth-order valence-corrected chi connectivity index (χ4v) is 4.39. The Bertz CT molecular complexity index is 1150. The van der Waals surface area contributed by atoms with Crippen LogP contribution >= 0.6 is 0 Å². The van der Waals surface area contributed by atoms with Gasteiger partial charge >= 0.3 is 0 Å². The minimum absolute atomic E-state index is 0.0558. The molecule has 9 heteroatoms. The molecule has 0 aliphatic carbocycles. The van der Waals surface area contributed by atoms with Gasteiger partial charge in [0, 0.05) is 42.8 Å². The molecule has 2 aliphatic rings. The third-order valence-corrected chi connectivity index (χ3v) is 6.18. The van der Waals surface area contributed by atoms with Crippen LogP contribution in [-0.2, 0) is 14.3 Å². The second-order valence-electron chi connectivity index (χ2n) is 8.33. The zero-order valence-corrected chi connectivity index (χ0v) is 18.9. The van der Waals surface area contributed by atoms with Crippen molar-refractivity contribution < 1.29 is 23.5 Å². The first-order valence-corrected chi connectivity index (χ1v) is 10.9. The third kappa shape index (κ3) is 4.41. The van der Waals surface area contributed by atoms with Crippen LogP contribution in [0.5, 0.6) is 0 Å². The highest BCUT2D eigenvalue weighted by atomic mass is 19.1. The predicted molar refractivity (Wildman–Crippen MR) is 122 cm³/mol. The Hall–Kier alpha value is -3.46. The maximum atomic E-state index is 13.7. The van der Waals surface area contributed by atoms with Crippen LogP contribution in [0.1, 0.15) is 45.7 Å². The number of anilines is 1. The van der Waals surface area contributed by atoms with E-state index in [-0.39, 0.29) is 24.3 Å². The number of carbonyl (C=O) groups excluding carboxylic acids is 3. The molecule has 8 nitrogen and oxygen atoms in total. The van der Waals surface area contributed by atoms with Crippen molar-refractivity contribution in [2.45, 2.75) is 32.8 Å². The maximum Gasteiger partial charge on any atom is 0.256 e. The molecule has 33 heavy (non-hydrogen) atoms. The lowest BCUT2D eigenvalue weighted by Crippen LogP contribution is -2.45. The molecule has 2 aromatic rings. The summed E-state index contributed by atoms with van der Waals surface area (Å²) in [5.41, 5.74) is 3.61. The van der Waals surface area contributed by atoms with Crippen molar-refractivity contribution >= 4 is 35.1 Å². The summed E-state index contributed by atoms with van der Waals surface area (Å²) in [6, 6.07) is 4.11. The number of amides is 3. The molecular formula is C24H27FN4O4. The Morgan fingerprint density at radius 1 is 1.27 bits per heavy atom. The number of ether oxygens (including phenoxy) is 1. The fraction of sp³-hybridized carbons (Fsp3) is 0.375. The molecule has 2 aliphatic heterocycles. The van der Waals surface area contributed by atoms with E-state index in [9.17, 15) is 18.8 Å². The van der Waals surface area contributed by atoms with Crippen molar-refractivity contribution in [2.24, 2.45) is 0 Å². The summed E-state index contributed by atoms with van der Waals surface area (Å²) in [5.74, 6) is -1.24. The van der Waals surface area contributed by atoms with Gasteiger partial charge in [-0.15, -0.1) is 0 Å². The summed E-state index contributed by atoms with van der Waals surface area (Å²) in [7, 11) is 1.45. The second-order valence-corrected chi connectivity index (χ2v) is 8.33. The van der Waals surface area contributed by atoms with E-state index in [2.05, 4.69) is 15.6 Å². The Morgan fingerprint density at radius 3 is 2.70 bits per heavy atom. The number of nitrogens with one attached hydrogen (secondary N) is 3. The summed E-state index contributed by atoms with van der Waals surface area (Å²) in [6.45, 7) is 5.01. The summed E-state index contributed by atoms with van der Waals surface area (Å²) in [5, 5.41) is 5.51. The van der Waals surface area contributed by atoms with Crippen LogP contribution in [0.4, 0.5) is 10.1 Å². The maximum absolute atomic E-state index is 13.7. The zero-order valence-electron chi connectivity index (χ0n) is 18.9. The second kappa shape index (κ2) is 9.19. The molecule has 4 rings (SSSR count). The van der Waals surface area contributed by atoms with Gasteiger partial charge in [-0.1, -0.05) is 0 Å². The van der Waals surface area contributed by atoms with Crippen LogP contribution in [0.3, 0.4) is 0 Å². The number of nitrogens with zero attached hydrogens (tertiary/aromatic N) is 1. The quantitative estimate of drug-likeness (QED) is 0.584. The molecule has 1 fully saturated rings. The number of methoxy groups -OCH3 is 1. The SMILES string of the molecule is COC(CNC(=O)c1c(C)[nH]c(C=C2C(=O)Nc3ccc(F)cc32)c1C)C(=O)N1CCCC1. The molecule has 1 atom stereocenters. The number of aromatic nitrogens is 1. The van der Waals surface area contributed by atoms with Gasteiger partial charge in [-0.05, 0) is 56.5 Å². The Balaban J connectivity index is 1.52. The Kier molecular flexibility index (Phi) is 6.33. The Morgan fingerprint density at radius 2 is 2.00 bits per heavy atom. The Labute approximate surface area is 191 Å². The van der Waals surface area contributed by atoms with E-state index in [1.165, 1.54) is 25.3 Å². The van der Waals surface area contributed by atoms with E-state index in [4.69, 9.17) is 4.74 Å². The monoisotopic (exact) mass is 454 g/mol. The molecule has 174 valence electrons.